The third kappa shape index (κ3) is 5.11. The third-order valence-corrected chi connectivity index (χ3v) is 5.38. The average Bonchev–Trinajstić information content (AvgIpc) is 3.18. The Labute approximate surface area is 185 Å². The van der Waals surface area contributed by atoms with E-state index in [-0.39, 0.29) is 30.2 Å². The molecule has 0 spiro atoms. The molecule has 9 heteroatoms. The number of carbonyl (C=O) groups is 3. The number of amides is 2. The first-order chi connectivity index (χ1) is 15.3. The number of esters is 1. The molecule has 3 rings (SSSR count). The van der Waals surface area contributed by atoms with Crippen LogP contribution in [-0.2, 0) is 32.0 Å². The first-order valence-electron chi connectivity index (χ1n) is 10.5. The lowest BCUT2D eigenvalue weighted by Gasteiger charge is -2.23. The summed E-state index contributed by atoms with van der Waals surface area (Å²) in [4.78, 5) is 49.2. The zero-order valence-corrected chi connectivity index (χ0v) is 18.0. The third-order valence-electron chi connectivity index (χ3n) is 5.38. The molecule has 1 N–H and O–H groups in total. The molecule has 9 nitrogen and oxygen atoms in total. The second-order valence-electron chi connectivity index (χ2n) is 7.50. The Morgan fingerprint density at radius 3 is 2.44 bits per heavy atom. The topological polar surface area (TPSA) is 119 Å². The van der Waals surface area contributed by atoms with Gasteiger partial charge in [0.2, 0.25) is 5.91 Å². The van der Waals surface area contributed by atoms with E-state index in [9.17, 15) is 24.5 Å². The van der Waals surface area contributed by atoms with Gasteiger partial charge >= 0.3 is 5.97 Å². The zero-order valence-electron chi connectivity index (χ0n) is 18.0. The molecular weight excluding hydrogens is 414 g/mol. The maximum Gasteiger partial charge on any atom is 0.311 e. The lowest BCUT2D eigenvalue weighted by Crippen LogP contribution is -2.29. The minimum atomic E-state index is -0.664. The van der Waals surface area contributed by atoms with Crippen LogP contribution in [-0.4, -0.2) is 35.9 Å². The minimum absolute atomic E-state index is 0.0204. The van der Waals surface area contributed by atoms with Gasteiger partial charge in [-0.25, -0.2) is 0 Å². The van der Waals surface area contributed by atoms with E-state index in [0.29, 0.717) is 0 Å². The van der Waals surface area contributed by atoms with Crippen molar-refractivity contribution in [3.63, 3.8) is 0 Å². The number of nitro benzene ring substituents is 1. The molecule has 0 aliphatic carbocycles. The molecule has 0 bridgehead atoms. The minimum Gasteiger partial charge on any atom is -0.455 e. The summed E-state index contributed by atoms with van der Waals surface area (Å²) < 4.78 is 5.12. The van der Waals surface area contributed by atoms with Crippen molar-refractivity contribution >= 4 is 34.8 Å². The van der Waals surface area contributed by atoms with E-state index in [1.165, 1.54) is 24.3 Å². The van der Waals surface area contributed by atoms with Gasteiger partial charge in [0, 0.05) is 36.5 Å². The van der Waals surface area contributed by atoms with Gasteiger partial charge in [0.05, 0.1) is 10.8 Å². The summed E-state index contributed by atoms with van der Waals surface area (Å²) in [5, 5.41) is 13.3. The number of nitrogens with one attached hydrogen (secondary N) is 1. The van der Waals surface area contributed by atoms with Crippen molar-refractivity contribution in [1.29, 1.82) is 0 Å². The summed E-state index contributed by atoms with van der Waals surface area (Å²) in [7, 11) is 0. The van der Waals surface area contributed by atoms with Gasteiger partial charge in [0.1, 0.15) is 0 Å². The monoisotopic (exact) mass is 439 g/mol. The summed E-state index contributed by atoms with van der Waals surface area (Å²) in [5.41, 5.74) is 3.02. The van der Waals surface area contributed by atoms with E-state index in [0.717, 1.165) is 29.7 Å². The lowest BCUT2D eigenvalue weighted by atomic mass is 10.0. The van der Waals surface area contributed by atoms with Crippen LogP contribution in [0.4, 0.5) is 17.1 Å². The fourth-order valence-corrected chi connectivity index (χ4v) is 3.79. The van der Waals surface area contributed by atoms with Crippen LogP contribution in [0.5, 0.6) is 0 Å². The number of non-ortho nitro benzene ring substituents is 1. The number of hydrogen-bond acceptors (Lipinski definition) is 6. The van der Waals surface area contributed by atoms with Crippen LogP contribution in [0.15, 0.2) is 42.5 Å². The van der Waals surface area contributed by atoms with Gasteiger partial charge in [-0.1, -0.05) is 38.1 Å². The van der Waals surface area contributed by atoms with Crippen LogP contribution in [0.1, 0.15) is 31.4 Å². The number of benzene rings is 2. The van der Waals surface area contributed by atoms with E-state index in [2.05, 4.69) is 5.32 Å². The molecule has 0 unspecified atom stereocenters. The van der Waals surface area contributed by atoms with E-state index >= 15 is 0 Å². The Morgan fingerprint density at radius 2 is 1.81 bits per heavy atom. The van der Waals surface area contributed by atoms with Gasteiger partial charge < -0.3 is 15.0 Å². The van der Waals surface area contributed by atoms with Crippen molar-refractivity contribution in [2.75, 3.05) is 23.4 Å². The maximum atomic E-state index is 12.7. The van der Waals surface area contributed by atoms with Crippen molar-refractivity contribution in [3.8, 4) is 0 Å². The molecule has 32 heavy (non-hydrogen) atoms. The van der Waals surface area contributed by atoms with Crippen LogP contribution in [0.3, 0.4) is 0 Å². The van der Waals surface area contributed by atoms with E-state index in [1.807, 2.05) is 32.0 Å². The lowest BCUT2D eigenvalue weighted by molar-refractivity contribution is -0.384. The summed E-state index contributed by atoms with van der Waals surface area (Å²) in [6, 6.07) is 11.4. The second kappa shape index (κ2) is 10.0. The van der Waals surface area contributed by atoms with Crippen molar-refractivity contribution in [2.45, 2.75) is 33.1 Å². The molecule has 0 radical (unpaired) electrons. The van der Waals surface area contributed by atoms with Crippen molar-refractivity contribution in [2.24, 2.45) is 5.92 Å². The highest BCUT2D eigenvalue weighted by molar-refractivity contribution is 6.01. The Balaban J connectivity index is 1.60. The highest BCUT2D eigenvalue weighted by atomic mass is 16.6. The Kier molecular flexibility index (Phi) is 7.19. The van der Waals surface area contributed by atoms with Gasteiger partial charge in [-0.05, 0) is 30.0 Å². The number of anilines is 2. The van der Waals surface area contributed by atoms with E-state index in [4.69, 9.17) is 4.74 Å². The molecule has 0 aromatic heterocycles. The quantitative estimate of drug-likeness (QED) is 0.383. The van der Waals surface area contributed by atoms with E-state index < -0.39 is 29.3 Å². The molecule has 1 aliphatic rings. The Hall–Kier alpha value is -3.75. The normalized spacial score (nSPS) is 15.5. The molecule has 2 amide bonds. The highest BCUT2D eigenvalue weighted by Crippen LogP contribution is 2.32. The molecule has 2 aromatic rings. The molecule has 168 valence electrons. The van der Waals surface area contributed by atoms with Crippen molar-refractivity contribution in [1.82, 2.24) is 0 Å². The van der Waals surface area contributed by atoms with Crippen LogP contribution in [0.25, 0.3) is 0 Å². The standard InChI is InChI=1S/C23H25N3O6/c1-3-15-7-5-8-16(4-2)22(15)25-13-17(11-21(25)28)23(29)32-14-20(27)24-18-9-6-10-19(12-18)26(30)31/h5-10,12,17H,3-4,11,13-14H2,1-2H3,(H,24,27)/t17-/m1/s1. The van der Waals surface area contributed by atoms with Crippen LogP contribution >= 0.6 is 0 Å². The Morgan fingerprint density at radius 1 is 1.16 bits per heavy atom. The molecule has 1 heterocycles. The highest BCUT2D eigenvalue weighted by Gasteiger charge is 2.37. The number of aryl methyl sites for hydroxylation is 2. The van der Waals surface area contributed by atoms with Gasteiger partial charge in [0.15, 0.2) is 6.61 Å². The maximum absolute atomic E-state index is 12.7. The predicted molar refractivity (Wildman–Crippen MR) is 118 cm³/mol. The molecule has 1 fully saturated rings. The van der Waals surface area contributed by atoms with Crippen LogP contribution in [0.2, 0.25) is 0 Å². The first-order valence-corrected chi connectivity index (χ1v) is 10.5. The summed E-state index contributed by atoms with van der Waals surface area (Å²) >= 11 is 0. The van der Waals surface area contributed by atoms with Crippen molar-refractivity contribution in [3.05, 3.63) is 63.7 Å². The average molecular weight is 439 g/mol. The summed E-state index contributed by atoms with van der Waals surface area (Å²) in [6.07, 6.45) is 1.55. The molecule has 1 atom stereocenters. The van der Waals surface area contributed by atoms with Crippen LogP contribution < -0.4 is 10.2 Å². The number of ether oxygens (including phenoxy) is 1. The number of nitrogens with zero attached hydrogens (tertiary/aromatic N) is 2. The van der Waals surface area contributed by atoms with Gasteiger partial charge in [-0.3, -0.25) is 24.5 Å². The molecule has 1 saturated heterocycles. The molecular formula is C23H25N3O6. The number of hydrogen-bond donors (Lipinski definition) is 1. The van der Waals surface area contributed by atoms with Gasteiger partial charge in [-0.2, -0.15) is 0 Å². The van der Waals surface area contributed by atoms with Crippen molar-refractivity contribution < 1.29 is 24.0 Å². The fraction of sp³-hybridized carbons (Fsp3) is 0.348. The number of carbonyl (C=O) groups excluding carboxylic acids is 3. The largest absolute Gasteiger partial charge is 0.455 e. The van der Waals surface area contributed by atoms with Crippen LogP contribution in [0, 0.1) is 16.0 Å². The van der Waals surface area contributed by atoms with Gasteiger partial charge in [0.25, 0.3) is 11.6 Å². The van der Waals surface area contributed by atoms with E-state index in [1.54, 1.807) is 4.90 Å². The van der Waals surface area contributed by atoms with Gasteiger partial charge in [-0.15, -0.1) is 0 Å². The molecule has 2 aromatic carbocycles. The summed E-state index contributed by atoms with van der Waals surface area (Å²) in [6.45, 7) is 3.70. The predicted octanol–water partition coefficient (Wildman–Crippen LogP) is 3.25. The number of para-hydroxylation sites is 1. The fourth-order valence-electron chi connectivity index (χ4n) is 3.79. The zero-order chi connectivity index (χ0) is 23.3. The SMILES string of the molecule is CCc1cccc(CC)c1N1C[C@H](C(=O)OCC(=O)Nc2cccc([N+](=O)[O-])c2)CC1=O. The number of nitro groups is 1. The number of rotatable bonds is 8. The summed E-state index contributed by atoms with van der Waals surface area (Å²) in [5.74, 6) is -2.06. The molecule has 0 saturated carbocycles. The first kappa shape index (κ1) is 22.9. The smallest absolute Gasteiger partial charge is 0.311 e. The molecule has 1 aliphatic heterocycles. The Bertz CT molecular complexity index is 1030. The second-order valence-corrected chi connectivity index (χ2v) is 7.50.